The molecule has 1 fully saturated rings. The number of imide groups is 1. The Kier molecular flexibility index (Phi) is 7.92. The first-order valence-electron chi connectivity index (χ1n) is 11.6. The lowest BCUT2D eigenvalue weighted by Gasteiger charge is -2.26. The monoisotopic (exact) mass is 503 g/mol. The van der Waals surface area contributed by atoms with Crippen molar-refractivity contribution < 1.29 is 37.7 Å². The number of nitrogens with zero attached hydrogens (tertiary/aromatic N) is 2. The van der Waals surface area contributed by atoms with Gasteiger partial charge in [0, 0.05) is 43.2 Å². The van der Waals surface area contributed by atoms with Gasteiger partial charge in [0.05, 0.1) is 25.3 Å². The minimum Gasteiger partial charge on any atom is -0.488 e. The van der Waals surface area contributed by atoms with E-state index in [4.69, 9.17) is 9.47 Å². The van der Waals surface area contributed by atoms with E-state index >= 15 is 0 Å². The molecule has 0 saturated carbocycles. The summed E-state index contributed by atoms with van der Waals surface area (Å²) in [5, 5.41) is 12.3. The minimum absolute atomic E-state index is 0.00474. The molecule has 11 heteroatoms. The van der Waals surface area contributed by atoms with Crippen LogP contribution >= 0.6 is 0 Å². The van der Waals surface area contributed by atoms with Crippen LogP contribution in [0.4, 0.5) is 8.78 Å². The summed E-state index contributed by atoms with van der Waals surface area (Å²) in [6.45, 7) is 4.49. The third-order valence-electron chi connectivity index (χ3n) is 6.12. The van der Waals surface area contributed by atoms with Crippen molar-refractivity contribution in [2.45, 2.75) is 39.3 Å². The Morgan fingerprint density at radius 1 is 1.19 bits per heavy atom. The number of halogens is 2. The van der Waals surface area contributed by atoms with Crippen molar-refractivity contribution in [3.8, 4) is 5.75 Å². The van der Waals surface area contributed by atoms with E-state index in [1.807, 2.05) is 5.32 Å². The number of ether oxygens (including phenoxy) is 2. The molecule has 0 spiro atoms. The molecule has 0 radical (unpaired) electrons. The summed E-state index contributed by atoms with van der Waals surface area (Å²) in [6.07, 6.45) is -1.94. The third kappa shape index (κ3) is 5.69. The molecule has 3 amide bonds. The van der Waals surface area contributed by atoms with Crippen LogP contribution in [0.25, 0.3) is 0 Å². The number of amides is 3. The van der Waals surface area contributed by atoms with Crippen molar-refractivity contribution >= 4 is 17.7 Å². The van der Waals surface area contributed by atoms with Crippen molar-refractivity contribution in [2.75, 3.05) is 26.3 Å². The highest BCUT2D eigenvalue weighted by molar-refractivity contribution is 6.03. The van der Waals surface area contributed by atoms with Crippen molar-refractivity contribution in [3.63, 3.8) is 0 Å². The van der Waals surface area contributed by atoms with Gasteiger partial charge in [0.2, 0.25) is 12.1 Å². The first-order valence-corrected chi connectivity index (χ1v) is 11.6. The summed E-state index contributed by atoms with van der Waals surface area (Å²) in [7, 11) is 0. The summed E-state index contributed by atoms with van der Waals surface area (Å²) >= 11 is 0. The number of carbonyl (C=O) groups is 3. The summed E-state index contributed by atoms with van der Waals surface area (Å²) in [6, 6.07) is 6.87. The molecule has 4 rings (SSSR count). The number of fused-ring (bicyclic) bond motifs is 1. The molecule has 2 aromatic carbocycles. The number of nitrogens with one attached hydrogen (secondary N) is 1. The highest BCUT2D eigenvalue weighted by Gasteiger charge is 2.38. The molecular formula is C25H27F2N3O6. The molecule has 2 aliphatic heterocycles. The van der Waals surface area contributed by atoms with Gasteiger partial charge in [-0.2, -0.15) is 0 Å². The summed E-state index contributed by atoms with van der Waals surface area (Å²) in [5.74, 6) is -3.71. The number of morpholine rings is 1. The van der Waals surface area contributed by atoms with Crippen molar-refractivity contribution in [1.82, 2.24) is 15.1 Å². The highest BCUT2D eigenvalue weighted by Crippen LogP contribution is 2.33. The first-order chi connectivity index (χ1) is 17.3. The molecule has 0 bridgehead atoms. The van der Waals surface area contributed by atoms with Crippen LogP contribution in [0, 0.1) is 11.6 Å². The van der Waals surface area contributed by atoms with E-state index in [0.717, 1.165) is 35.7 Å². The molecule has 2 aromatic rings. The van der Waals surface area contributed by atoms with Crippen LogP contribution in [0.15, 0.2) is 30.3 Å². The molecule has 2 aliphatic rings. The van der Waals surface area contributed by atoms with Crippen LogP contribution in [-0.4, -0.2) is 65.2 Å². The van der Waals surface area contributed by atoms with Crippen LogP contribution < -0.4 is 10.1 Å². The third-order valence-corrected chi connectivity index (χ3v) is 6.12. The lowest BCUT2D eigenvalue weighted by atomic mass is 10.1. The fourth-order valence-corrected chi connectivity index (χ4v) is 4.10. The van der Waals surface area contributed by atoms with E-state index in [2.05, 4.69) is 4.90 Å². The molecule has 1 atom stereocenters. The molecule has 36 heavy (non-hydrogen) atoms. The molecule has 1 unspecified atom stereocenters. The van der Waals surface area contributed by atoms with Gasteiger partial charge in [-0.15, -0.1) is 0 Å². The lowest BCUT2D eigenvalue weighted by molar-refractivity contribution is -0.141. The van der Waals surface area contributed by atoms with Crippen molar-refractivity contribution in [1.29, 1.82) is 0 Å². The quantitative estimate of drug-likeness (QED) is 0.565. The first kappa shape index (κ1) is 25.7. The number of hydrogen-bond acceptors (Lipinski definition) is 7. The molecular weight excluding hydrogens is 476 g/mol. The molecule has 0 aromatic heterocycles. The summed E-state index contributed by atoms with van der Waals surface area (Å²) in [5.41, 5.74) is 1.22. The Morgan fingerprint density at radius 3 is 2.64 bits per heavy atom. The van der Waals surface area contributed by atoms with Gasteiger partial charge in [-0.1, -0.05) is 19.1 Å². The molecule has 2 heterocycles. The molecule has 1 saturated heterocycles. The van der Waals surface area contributed by atoms with Gasteiger partial charge in [-0.25, -0.2) is 8.78 Å². The highest BCUT2D eigenvalue weighted by atomic mass is 19.1. The second-order valence-electron chi connectivity index (χ2n) is 8.61. The zero-order chi connectivity index (χ0) is 25.8. The van der Waals surface area contributed by atoms with E-state index in [-0.39, 0.29) is 42.0 Å². The zero-order valence-electron chi connectivity index (χ0n) is 19.8. The van der Waals surface area contributed by atoms with E-state index in [1.165, 1.54) is 13.0 Å². The van der Waals surface area contributed by atoms with Crippen LogP contribution in [0.3, 0.4) is 0 Å². The SMILES string of the molecule is CCC(=O)NC(=O)C(O)N1Cc2c(OCc3ccc(CN4CCOCC4)cc3F)cc(F)cc2C1=O. The van der Waals surface area contributed by atoms with Gasteiger partial charge >= 0.3 is 0 Å². The maximum absolute atomic E-state index is 14.7. The van der Waals surface area contributed by atoms with Gasteiger partial charge in [0.25, 0.3) is 11.8 Å². The average Bonchev–Trinajstić information content (AvgIpc) is 3.19. The van der Waals surface area contributed by atoms with Crippen molar-refractivity contribution in [2.24, 2.45) is 0 Å². The Bertz CT molecular complexity index is 1170. The van der Waals surface area contributed by atoms with Crippen LogP contribution in [0.2, 0.25) is 0 Å². The van der Waals surface area contributed by atoms with Crippen LogP contribution in [0.5, 0.6) is 5.75 Å². The van der Waals surface area contributed by atoms with E-state index in [0.29, 0.717) is 19.8 Å². The number of carbonyl (C=O) groups excluding carboxylic acids is 3. The number of aliphatic hydroxyl groups excluding tert-OH is 1. The maximum atomic E-state index is 14.7. The van der Waals surface area contributed by atoms with E-state index < -0.39 is 35.6 Å². The minimum atomic E-state index is -1.95. The van der Waals surface area contributed by atoms with E-state index in [1.54, 1.807) is 12.1 Å². The summed E-state index contributed by atoms with van der Waals surface area (Å²) < 4.78 is 40.0. The van der Waals surface area contributed by atoms with Gasteiger partial charge in [0.1, 0.15) is 24.0 Å². The number of benzene rings is 2. The predicted molar refractivity (Wildman–Crippen MR) is 123 cm³/mol. The molecule has 2 N–H and O–H groups in total. The largest absolute Gasteiger partial charge is 0.488 e. The molecule has 0 aliphatic carbocycles. The lowest BCUT2D eigenvalue weighted by Crippen LogP contribution is -2.48. The maximum Gasteiger partial charge on any atom is 0.276 e. The average molecular weight is 504 g/mol. The normalized spacial score (nSPS) is 16.6. The Morgan fingerprint density at radius 2 is 1.94 bits per heavy atom. The standard InChI is InChI=1S/C25H27F2N3O6/c1-2-22(31)28-23(32)25(34)30-13-19-18(24(30)33)10-17(26)11-21(19)36-14-16-4-3-15(9-20(16)27)12-29-5-7-35-8-6-29/h3-4,9-11,25,34H,2,5-8,12-14H2,1H3,(H,28,31,32). The number of hydrogen-bond donors (Lipinski definition) is 2. The van der Waals surface area contributed by atoms with Gasteiger partial charge in [-0.3, -0.25) is 24.6 Å². The van der Waals surface area contributed by atoms with Crippen LogP contribution in [0.1, 0.15) is 40.4 Å². The molecule has 192 valence electrons. The van der Waals surface area contributed by atoms with Gasteiger partial charge < -0.3 is 19.5 Å². The fourth-order valence-electron chi connectivity index (χ4n) is 4.10. The van der Waals surface area contributed by atoms with Gasteiger partial charge in [-0.05, 0) is 17.7 Å². The van der Waals surface area contributed by atoms with Crippen LogP contribution in [-0.2, 0) is 34.0 Å². The second-order valence-corrected chi connectivity index (χ2v) is 8.61. The van der Waals surface area contributed by atoms with Gasteiger partial charge in [0.15, 0.2) is 0 Å². The Balaban J connectivity index is 1.45. The van der Waals surface area contributed by atoms with E-state index in [9.17, 15) is 28.3 Å². The zero-order valence-corrected chi connectivity index (χ0v) is 19.8. The molecule has 9 nitrogen and oxygen atoms in total. The smallest absolute Gasteiger partial charge is 0.276 e. The predicted octanol–water partition coefficient (Wildman–Crippen LogP) is 1.70. The number of aliphatic hydroxyl groups is 1. The fraction of sp³-hybridized carbons (Fsp3) is 0.400. The Labute approximate surface area is 206 Å². The summed E-state index contributed by atoms with van der Waals surface area (Å²) in [4.78, 5) is 39.3. The second kappa shape index (κ2) is 11.1. The van der Waals surface area contributed by atoms with Crippen molar-refractivity contribution in [3.05, 3.63) is 64.2 Å². The topological polar surface area (TPSA) is 108 Å². The number of rotatable bonds is 8. The Hall–Kier alpha value is -3.41.